The number of carbonyl (C=O) groups is 1. The number of rotatable bonds is 8. The van der Waals surface area contributed by atoms with Gasteiger partial charge in [-0.3, -0.25) is 23.7 Å². The normalized spacial score (nSPS) is 11.0. The van der Waals surface area contributed by atoms with E-state index in [0.29, 0.717) is 40.9 Å². The molecule has 0 aliphatic rings. The molecule has 0 amide bonds. The van der Waals surface area contributed by atoms with E-state index in [1.165, 1.54) is 9.13 Å². The molecule has 0 spiro atoms. The van der Waals surface area contributed by atoms with Crippen LogP contribution in [-0.4, -0.2) is 27.2 Å². The zero-order valence-corrected chi connectivity index (χ0v) is 19.7. The molecule has 0 bridgehead atoms. The summed E-state index contributed by atoms with van der Waals surface area (Å²) >= 11 is 6.07. The predicted octanol–water partition coefficient (Wildman–Crippen LogP) is 3.88. The summed E-state index contributed by atoms with van der Waals surface area (Å²) in [6.07, 6.45) is 2.37. The van der Waals surface area contributed by atoms with Crippen molar-refractivity contribution in [3.63, 3.8) is 0 Å². The molecule has 0 N–H and O–H groups in total. The molecule has 0 fully saturated rings. The van der Waals surface area contributed by atoms with Crippen molar-refractivity contribution in [2.75, 3.05) is 6.61 Å². The van der Waals surface area contributed by atoms with Gasteiger partial charge in [0, 0.05) is 30.6 Å². The lowest BCUT2D eigenvalue weighted by Gasteiger charge is -2.16. The van der Waals surface area contributed by atoms with Crippen molar-refractivity contribution in [3.8, 4) is 11.3 Å². The first kappa shape index (κ1) is 23.4. The maximum atomic E-state index is 13.7. The molecule has 2 heterocycles. The Kier molecular flexibility index (Phi) is 6.93. The molecule has 4 aromatic rings. The van der Waals surface area contributed by atoms with Gasteiger partial charge in [0.1, 0.15) is 0 Å². The summed E-state index contributed by atoms with van der Waals surface area (Å²) < 4.78 is 7.36. The lowest BCUT2D eigenvalue weighted by molar-refractivity contribution is -0.128. The number of hydrogen-bond acceptors (Lipinski definition) is 5. The highest BCUT2D eigenvalue weighted by molar-refractivity contribution is 6.30. The number of aryl methyl sites for hydroxylation is 2. The molecule has 34 heavy (non-hydrogen) atoms. The predicted molar refractivity (Wildman–Crippen MR) is 132 cm³/mol. The molecule has 0 saturated carbocycles. The number of aromatic nitrogens is 3. The van der Waals surface area contributed by atoms with Crippen molar-refractivity contribution >= 4 is 29.0 Å². The average molecular weight is 478 g/mol. The molecule has 8 heteroatoms. The smallest absolute Gasteiger partial charge is 0.331 e. The molecule has 0 atom stereocenters. The second-order valence-electron chi connectivity index (χ2n) is 8.13. The van der Waals surface area contributed by atoms with Gasteiger partial charge in [0.05, 0.1) is 29.4 Å². The number of benzene rings is 2. The van der Waals surface area contributed by atoms with E-state index in [-0.39, 0.29) is 18.7 Å². The van der Waals surface area contributed by atoms with Crippen LogP contribution in [0.15, 0.2) is 64.3 Å². The molecule has 0 aliphatic heterocycles. The third-order valence-electron chi connectivity index (χ3n) is 5.83. The Morgan fingerprint density at radius 1 is 1.06 bits per heavy atom. The minimum Gasteiger partial charge on any atom is -0.468 e. The number of halogens is 1. The Balaban J connectivity index is 1.97. The summed E-state index contributed by atoms with van der Waals surface area (Å²) in [6, 6.07) is 15.4. The van der Waals surface area contributed by atoms with Gasteiger partial charge in [0.2, 0.25) is 0 Å². The third kappa shape index (κ3) is 4.65. The maximum Gasteiger partial charge on any atom is 0.331 e. The minimum absolute atomic E-state index is 0.125. The lowest BCUT2D eigenvalue weighted by atomic mass is 9.96. The maximum absolute atomic E-state index is 13.7. The first-order valence-electron chi connectivity index (χ1n) is 10.9. The Hall–Kier alpha value is -3.71. The molecule has 0 radical (unpaired) electrons. The van der Waals surface area contributed by atoms with Gasteiger partial charge in [-0.1, -0.05) is 53.6 Å². The van der Waals surface area contributed by atoms with E-state index in [4.69, 9.17) is 16.3 Å². The molecular weight excluding hydrogens is 454 g/mol. The molecule has 0 unspecified atom stereocenters. The van der Waals surface area contributed by atoms with E-state index in [0.717, 1.165) is 22.3 Å². The minimum atomic E-state index is -0.439. The first-order valence-corrected chi connectivity index (χ1v) is 11.3. The quantitative estimate of drug-likeness (QED) is 0.284. The van der Waals surface area contributed by atoms with Gasteiger partial charge in [0.25, 0.3) is 12.0 Å². The summed E-state index contributed by atoms with van der Waals surface area (Å²) in [7, 11) is 1.63. The number of nitrogens with zero attached hydrogens (tertiary/aromatic N) is 3. The average Bonchev–Trinajstić information content (AvgIpc) is 2.84. The van der Waals surface area contributed by atoms with Crippen LogP contribution in [0.1, 0.15) is 23.1 Å². The molecule has 7 nitrogen and oxygen atoms in total. The Morgan fingerprint density at radius 2 is 1.76 bits per heavy atom. The van der Waals surface area contributed by atoms with Crippen LogP contribution in [0.4, 0.5) is 0 Å². The van der Waals surface area contributed by atoms with Crippen LogP contribution >= 0.6 is 11.6 Å². The summed E-state index contributed by atoms with van der Waals surface area (Å²) in [5.41, 5.74) is 4.04. The number of carbonyl (C=O) groups excluding carboxylic acids is 1. The molecule has 0 aliphatic carbocycles. The molecule has 4 rings (SSSR count). The lowest BCUT2D eigenvalue weighted by Crippen LogP contribution is -2.40. The van der Waals surface area contributed by atoms with Gasteiger partial charge in [-0.15, -0.1) is 0 Å². The number of fused-ring (bicyclic) bond motifs is 1. The summed E-state index contributed by atoms with van der Waals surface area (Å²) in [4.78, 5) is 41.7. The van der Waals surface area contributed by atoms with E-state index in [9.17, 15) is 14.4 Å². The van der Waals surface area contributed by atoms with Gasteiger partial charge >= 0.3 is 5.69 Å². The highest BCUT2D eigenvalue weighted by atomic mass is 35.5. The fourth-order valence-electron chi connectivity index (χ4n) is 4.03. The Labute approximate surface area is 201 Å². The van der Waals surface area contributed by atoms with E-state index in [1.807, 2.05) is 55.5 Å². The van der Waals surface area contributed by atoms with E-state index in [2.05, 4.69) is 4.98 Å². The highest BCUT2D eigenvalue weighted by Gasteiger charge is 2.19. The monoisotopic (exact) mass is 477 g/mol. The van der Waals surface area contributed by atoms with Crippen LogP contribution in [0.5, 0.6) is 0 Å². The zero-order valence-electron chi connectivity index (χ0n) is 19.0. The van der Waals surface area contributed by atoms with Crippen molar-refractivity contribution in [2.24, 2.45) is 7.05 Å². The molecule has 2 aromatic carbocycles. The summed E-state index contributed by atoms with van der Waals surface area (Å²) in [5, 5.41) is 1.07. The standard InChI is InChI=1S/C26H24ClN3O4/c1-17-4-8-19(9-5-17)24-21(14-18-6-10-20(27)11-7-18)23-22(15-28-24)29(2)26(33)30(25(23)32)12-3-13-34-16-31/h4-11,15-16H,3,12-14H2,1-2H3. The molecule has 0 saturated heterocycles. The van der Waals surface area contributed by atoms with E-state index >= 15 is 0 Å². The van der Waals surface area contributed by atoms with E-state index in [1.54, 1.807) is 13.2 Å². The van der Waals surface area contributed by atoms with Crippen LogP contribution in [0, 0.1) is 6.92 Å². The van der Waals surface area contributed by atoms with Gasteiger partial charge in [-0.2, -0.15) is 0 Å². The van der Waals surface area contributed by atoms with Crippen molar-refractivity contribution in [1.29, 1.82) is 0 Å². The molecular formula is C26H24ClN3O4. The van der Waals surface area contributed by atoms with Crippen LogP contribution in [0.2, 0.25) is 5.02 Å². The second kappa shape index (κ2) is 10.1. The van der Waals surface area contributed by atoms with Gasteiger partial charge in [-0.05, 0) is 36.6 Å². The fourth-order valence-corrected chi connectivity index (χ4v) is 4.16. The van der Waals surface area contributed by atoms with Crippen molar-refractivity contribution < 1.29 is 9.53 Å². The fraction of sp³-hybridized carbons (Fsp3) is 0.231. The van der Waals surface area contributed by atoms with Crippen molar-refractivity contribution in [2.45, 2.75) is 26.3 Å². The largest absolute Gasteiger partial charge is 0.468 e. The SMILES string of the molecule is Cc1ccc(-c2ncc3c(c2Cc2ccc(Cl)cc2)c(=O)n(CCCOC=O)c(=O)n3C)cc1. The van der Waals surface area contributed by atoms with Crippen LogP contribution in [0.25, 0.3) is 22.2 Å². The van der Waals surface area contributed by atoms with E-state index < -0.39 is 5.69 Å². The zero-order chi connectivity index (χ0) is 24.2. The van der Waals surface area contributed by atoms with Crippen LogP contribution < -0.4 is 11.2 Å². The first-order chi connectivity index (χ1) is 16.4. The Morgan fingerprint density at radius 3 is 2.44 bits per heavy atom. The van der Waals surface area contributed by atoms with Crippen LogP contribution in [0.3, 0.4) is 0 Å². The summed E-state index contributed by atoms with van der Waals surface area (Å²) in [5.74, 6) is 0. The molecule has 2 aromatic heterocycles. The topological polar surface area (TPSA) is 83.2 Å². The van der Waals surface area contributed by atoms with Gasteiger partial charge < -0.3 is 4.74 Å². The van der Waals surface area contributed by atoms with Gasteiger partial charge in [-0.25, -0.2) is 4.79 Å². The number of ether oxygens (including phenoxy) is 1. The highest BCUT2D eigenvalue weighted by Crippen LogP contribution is 2.29. The number of pyridine rings is 1. The van der Waals surface area contributed by atoms with Crippen molar-refractivity contribution in [1.82, 2.24) is 14.1 Å². The summed E-state index contributed by atoms with van der Waals surface area (Å²) in [6.45, 7) is 2.62. The number of hydrogen-bond donors (Lipinski definition) is 0. The molecule has 174 valence electrons. The second-order valence-corrected chi connectivity index (χ2v) is 8.57. The Bertz CT molecular complexity index is 1460. The van der Waals surface area contributed by atoms with Gasteiger partial charge in [0.15, 0.2) is 0 Å². The third-order valence-corrected chi connectivity index (χ3v) is 6.08. The van der Waals surface area contributed by atoms with Crippen molar-refractivity contribution in [3.05, 3.63) is 97.3 Å². The van der Waals surface area contributed by atoms with Crippen LogP contribution in [-0.2, 0) is 29.5 Å².